The average molecular weight is 329 g/mol. The van der Waals surface area contributed by atoms with Crippen molar-refractivity contribution in [1.82, 2.24) is 0 Å². The Kier molecular flexibility index (Phi) is 4.26. The van der Waals surface area contributed by atoms with Crippen LogP contribution in [0.25, 0.3) is 0 Å². The first-order valence-corrected chi connectivity index (χ1v) is 7.60. The van der Waals surface area contributed by atoms with E-state index in [9.17, 15) is 17.6 Å². The molecule has 1 amide bonds. The lowest BCUT2D eigenvalue weighted by atomic mass is 10.2. The summed E-state index contributed by atoms with van der Waals surface area (Å²) >= 11 is 5.59. The fourth-order valence-corrected chi connectivity index (χ4v) is 2.56. The fraction of sp³-hybridized carbons (Fsp3) is 0. The number of hydrogen-bond acceptors (Lipinski definition) is 3. The second-order valence-electron chi connectivity index (χ2n) is 4.10. The molecule has 3 N–H and O–H groups in total. The molecule has 0 aliphatic heterocycles. The summed E-state index contributed by atoms with van der Waals surface area (Å²) in [7, 11) is -4.01. The summed E-state index contributed by atoms with van der Waals surface area (Å²) in [4.78, 5) is 11.8. The number of rotatable bonds is 3. The van der Waals surface area contributed by atoms with E-state index in [-0.39, 0.29) is 21.2 Å². The number of para-hydroxylation sites is 1. The molecular weight excluding hydrogens is 319 g/mol. The third-order valence-electron chi connectivity index (χ3n) is 2.64. The van der Waals surface area contributed by atoms with E-state index >= 15 is 0 Å². The minimum Gasteiger partial charge on any atom is -0.321 e. The second kappa shape index (κ2) is 5.80. The van der Waals surface area contributed by atoms with E-state index in [0.717, 1.165) is 0 Å². The Morgan fingerprint density at radius 1 is 1.14 bits per heavy atom. The summed E-state index contributed by atoms with van der Waals surface area (Å²) in [5.41, 5.74) is -0.337. The van der Waals surface area contributed by atoms with Crippen LogP contribution >= 0.6 is 11.6 Å². The van der Waals surface area contributed by atoms with E-state index < -0.39 is 21.7 Å². The van der Waals surface area contributed by atoms with Gasteiger partial charge >= 0.3 is 0 Å². The van der Waals surface area contributed by atoms with Gasteiger partial charge in [-0.1, -0.05) is 29.8 Å². The maximum atomic E-state index is 13.8. The molecule has 0 saturated carbocycles. The van der Waals surface area contributed by atoms with Crippen molar-refractivity contribution in [2.75, 3.05) is 5.32 Å². The van der Waals surface area contributed by atoms with Crippen molar-refractivity contribution in [1.29, 1.82) is 0 Å². The van der Waals surface area contributed by atoms with Gasteiger partial charge in [-0.25, -0.2) is 17.9 Å². The lowest BCUT2D eigenvalue weighted by molar-refractivity contribution is 0.102. The highest BCUT2D eigenvalue weighted by atomic mass is 35.5. The quantitative estimate of drug-likeness (QED) is 0.906. The summed E-state index contributed by atoms with van der Waals surface area (Å²) in [5, 5.41) is 7.15. The van der Waals surface area contributed by atoms with Crippen molar-refractivity contribution in [2.45, 2.75) is 4.90 Å². The van der Waals surface area contributed by atoms with Crippen LogP contribution < -0.4 is 10.5 Å². The number of carbonyl (C=O) groups is 1. The number of nitrogens with one attached hydrogen (secondary N) is 1. The smallest absolute Gasteiger partial charge is 0.258 e. The number of sulfonamides is 1. The first kappa shape index (κ1) is 15.4. The van der Waals surface area contributed by atoms with Crippen LogP contribution in [0, 0.1) is 5.82 Å². The molecule has 0 aliphatic rings. The second-order valence-corrected chi connectivity index (χ2v) is 6.03. The zero-order chi connectivity index (χ0) is 15.6. The Bertz CT molecular complexity index is 809. The zero-order valence-corrected chi connectivity index (χ0v) is 12.1. The molecule has 0 spiro atoms. The number of amides is 1. The predicted molar refractivity (Wildman–Crippen MR) is 77.2 cm³/mol. The van der Waals surface area contributed by atoms with Gasteiger partial charge in [0, 0.05) is 0 Å². The van der Waals surface area contributed by atoms with Gasteiger partial charge in [0.05, 0.1) is 16.3 Å². The molecule has 0 bridgehead atoms. The zero-order valence-electron chi connectivity index (χ0n) is 10.5. The molecule has 2 rings (SSSR count). The molecule has 0 saturated heterocycles. The molecule has 0 heterocycles. The molecule has 5 nitrogen and oxygen atoms in total. The fourth-order valence-electron chi connectivity index (χ4n) is 1.69. The van der Waals surface area contributed by atoms with Crippen molar-refractivity contribution in [3.8, 4) is 0 Å². The molecule has 0 fully saturated rings. The molecule has 0 unspecified atom stereocenters. The minimum atomic E-state index is -4.01. The third kappa shape index (κ3) is 3.38. The Balaban J connectivity index is 2.40. The summed E-state index contributed by atoms with van der Waals surface area (Å²) < 4.78 is 36.6. The van der Waals surface area contributed by atoms with Crippen molar-refractivity contribution < 1.29 is 17.6 Å². The van der Waals surface area contributed by atoms with Gasteiger partial charge in [-0.3, -0.25) is 4.79 Å². The van der Waals surface area contributed by atoms with E-state index in [1.165, 1.54) is 42.5 Å². The number of anilines is 1. The number of nitrogens with two attached hydrogens (primary N) is 1. The number of primary sulfonamides is 1. The van der Waals surface area contributed by atoms with Gasteiger partial charge < -0.3 is 5.32 Å². The van der Waals surface area contributed by atoms with Crippen LogP contribution in [0.5, 0.6) is 0 Å². The van der Waals surface area contributed by atoms with Crippen LogP contribution in [-0.4, -0.2) is 14.3 Å². The highest BCUT2D eigenvalue weighted by molar-refractivity contribution is 7.89. The molecule has 0 radical (unpaired) electrons. The third-order valence-corrected chi connectivity index (χ3v) is 3.90. The Morgan fingerprint density at radius 2 is 1.81 bits per heavy atom. The van der Waals surface area contributed by atoms with Gasteiger partial charge in [0.25, 0.3) is 5.91 Å². The lowest BCUT2D eigenvalue weighted by Gasteiger charge is -2.10. The topological polar surface area (TPSA) is 89.3 Å². The standard InChI is InChI=1S/C13H10ClFN2O3S/c14-9-5-3-4-8(12(9)15)13(18)17-10-6-1-2-7-11(10)21(16,19)20/h1-7H,(H,17,18)(H2,16,19,20). The molecule has 8 heteroatoms. The molecule has 0 aromatic heterocycles. The van der Waals surface area contributed by atoms with Gasteiger partial charge in [0.2, 0.25) is 10.0 Å². The Labute approximate surface area is 125 Å². The maximum Gasteiger partial charge on any atom is 0.258 e. The van der Waals surface area contributed by atoms with Crippen LogP contribution in [0.1, 0.15) is 10.4 Å². The van der Waals surface area contributed by atoms with Gasteiger partial charge in [-0.2, -0.15) is 0 Å². The summed E-state index contributed by atoms with van der Waals surface area (Å²) in [5.74, 6) is -1.71. The van der Waals surface area contributed by atoms with Crippen molar-refractivity contribution >= 4 is 33.2 Å². The average Bonchev–Trinajstić information content (AvgIpc) is 2.41. The van der Waals surface area contributed by atoms with Crippen LogP contribution in [0.15, 0.2) is 47.4 Å². The summed E-state index contributed by atoms with van der Waals surface area (Å²) in [6, 6.07) is 9.49. The minimum absolute atomic E-state index is 0.0376. The van der Waals surface area contributed by atoms with E-state index in [4.69, 9.17) is 16.7 Å². The van der Waals surface area contributed by atoms with E-state index in [1.54, 1.807) is 0 Å². The lowest BCUT2D eigenvalue weighted by Crippen LogP contribution is -2.19. The van der Waals surface area contributed by atoms with Gasteiger partial charge in [-0.15, -0.1) is 0 Å². The van der Waals surface area contributed by atoms with E-state index in [2.05, 4.69) is 5.32 Å². The highest BCUT2D eigenvalue weighted by Crippen LogP contribution is 2.22. The first-order chi connectivity index (χ1) is 9.80. The molecule has 21 heavy (non-hydrogen) atoms. The van der Waals surface area contributed by atoms with Gasteiger partial charge in [0.15, 0.2) is 5.82 Å². The van der Waals surface area contributed by atoms with Crippen molar-refractivity contribution in [3.63, 3.8) is 0 Å². The first-order valence-electron chi connectivity index (χ1n) is 5.68. The van der Waals surface area contributed by atoms with Crippen LogP contribution in [0.3, 0.4) is 0 Å². The van der Waals surface area contributed by atoms with Crippen LogP contribution in [0.2, 0.25) is 5.02 Å². The largest absolute Gasteiger partial charge is 0.321 e. The Morgan fingerprint density at radius 3 is 2.48 bits per heavy atom. The SMILES string of the molecule is NS(=O)(=O)c1ccccc1NC(=O)c1cccc(Cl)c1F. The number of carbonyl (C=O) groups excluding carboxylic acids is 1. The summed E-state index contributed by atoms with van der Waals surface area (Å²) in [6.07, 6.45) is 0. The van der Waals surface area contributed by atoms with Crippen molar-refractivity contribution in [2.24, 2.45) is 5.14 Å². The van der Waals surface area contributed by atoms with Gasteiger partial charge in [-0.05, 0) is 24.3 Å². The van der Waals surface area contributed by atoms with Crippen LogP contribution in [0.4, 0.5) is 10.1 Å². The monoisotopic (exact) mass is 328 g/mol. The molecule has 2 aromatic rings. The molecule has 0 aliphatic carbocycles. The predicted octanol–water partition coefficient (Wildman–Crippen LogP) is 2.38. The Hall–Kier alpha value is -1.96. The normalized spacial score (nSPS) is 11.2. The maximum absolute atomic E-state index is 13.8. The summed E-state index contributed by atoms with van der Waals surface area (Å²) in [6.45, 7) is 0. The van der Waals surface area contributed by atoms with Crippen molar-refractivity contribution in [3.05, 3.63) is 58.9 Å². The van der Waals surface area contributed by atoms with E-state index in [1.807, 2.05) is 0 Å². The molecule has 110 valence electrons. The number of hydrogen-bond donors (Lipinski definition) is 2. The van der Waals surface area contributed by atoms with E-state index in [0.29, 0.717) is 0 Å². The molecule has 2 aromatic carbocycles. The van der Waals surface area contributed by atoms with Gasteiger partial charge in [0.1, 0.15) is 4.90 Å². The molecule has 0 atom stereocenters. The molecular formula is C13H10ClFN2O3S. The van der Waals surface area contributed by atoms with Crippen LogP contribution in [-0.2, 0) is 10.0 Å². The number of halogens is 2. The highest BCUT2D eigenvalue weighted by Gasteiger charge is 2.18. The number of benzene rings is 2.